The molecule has 228 valence electrons. The van der Waals surface area contributed by atoms with Crippen molar-refractivity contribution in [3.63, 3.8) is 0 Å². The number of benzene rings is 8. The molecule has 0 radical (unpaired) electrons. The fourth-order valence-electron chi connectivity index (χ4n) is 7.12. The van der Waals surface area contributed by atoms with Gasteiger partial charge in [0, 0.05) is 27.5 Å². The first-order chi connectivity index (χ1) is 24.3. The molecular formula is C45H27N3O. The van der Waals surface area contributed by atoms with Gasteiger partial charge in [0.25, 0.3) is 0 Å². The fraction of sp³-hybridized carbons (Fsp3) is 0. The van der Waals surface area contributed by atoms with Crippen LogP contribution < -0.4 is 0 Å². The summed E-state index contributed by atoms with van der Waals surface area (Å²) in [6.45, 7) is 0. The van der Waals surface area contributed by atoms with Gasteiger partial charge in [-0.1, -0.05) is 133 Å². The van der Waals surface area contributed by atoms with Gasteiger partial charge in [0.2, 0.25) is 0 Å². The Morgan fingerprint density at radius 2 is 0.959 bits per heavy atom. The SMILES string of the molecule is c1ccc(-c2nc(-c3ccc4ccccc4c3)nc(-c3c(-c4ccc5ccc6ccccc6c5c4)ccc4oc5ccccc5c34)n2)cc1. The van der Waals surface area contributed by atoms with Crippen molar-refractivity contribution in [3.05, 3.63) is 164 Å². The molecule has 0 aliphatic carbocycles. The van der Waals surface area contributed by atoms with Crippen LogP contribution in [0.15, 0.2) is 168 Å². The number of aromatic nitrogens is 3. The minimum absolute atomic E-state index is 0.599. The van der Waals surface area contributed by atoms with E-state index >= 15 is 0 Å². The largest absolute Gasteiger partial charge is 0.456 e. The van der Waals surface area contributed by atoms with Crippen LogP contribution in [-0.4, -0.2) is 15.0 Å². The van der Waals surface area contributed by atoms with Gasteiger partial charge in [0.05, 0.1) is 0 Å². The van der Waals surface area contributed by atoms with Crippen LogP contribution in [0.2, 0.25) is 0 Å². The molecule has 0 fully saturated rings. The maximum atomic E-state index is 6.44. The van der Waals surface area contributed by atoms with Crippen LogP contribution in [0, 0.1) is 0 Å². The van der Waals surface area contributed by atoms with Crippen LogP contribution in [-0.2, 0) is 0 Å². The highest BCUT2D eigenvalue weighted by Crippen LogP contribution is 2.43. The minimum atomic E-state index is 0.599. The van der Waals surface area contributed by atoms with Gasteiger partial charge < -0.3 is 4.42 Å². The standard InChI is InChI=1S/C45H27N3O/c1-2-12-31(13-3-1)43-46-44(34-23-18-28-10-4-5-14-32(28)26-34)48-45(47-43)42-36(24-25-40-41(42)37-16-8-9-17-39(37)49-40)33-22-21-30-20-19-29-11-6-7-15-35(29)38(30)27-33/h1-27H. The first-order valence-electron chi connectivity index (χ1n) is 16.4. The van der Waals surface area contributed by atoms with E-state index in [0.29, 0.717) is 17.5 Å². The van der Waals surface area contributed by atoms with E-state index in [9.17, 15) is 0 Å². The molecule has 0 aliphatic rings. The second-order valence-corrected chi connectivity index (χ2v) is 12.4. The van der Waals surface area contributed by atoms with Gasteiger partial charge in [0.1, 0.15) is 11.2 Å². The lowest BCUT2D eigenvalue weighted by molar-refractivity contribution is 0.669. The van der Waals surface area contributed by atoms with E-state index in [1.54, 1.807) is 0 Å². The van der Waals surface area contributed by atoms with Crippen molar-refractivity contribution in [2.45, 2.75) is 0 Å². The zero-order valence-electron chi connectivity index (χ0n) is 26.3. The Balaban J connectivity index is 1.30. The van der Waals surface area contributed by atoms with Gasteiger partial charge in [0.15, 0.2) is 17.5 Å². The summed E-state index contributed by atoms with van der Waals surface area (Å²) in [6.07, 6.45) is 0. The minimum Gasteiger partial charge on any atom is -0.456 e. The Labute approximate surface area is 282 Å². The summed E-state index contributed by atoms with van der Waals surface area (Å²) in [7, 11) is 0. The molecule has 0 amide bonds. The quantitative estimate of drug-likeness (QED) is 0.183. The first kappa shape index (κ1) is 27.5. The van der Waals surface area contributed by atoms with Crippen molar-refractivity contribution < 1.29 is 4.42 Å². The van der Waals surface area contributed by atoms with Crippen molar-refractivity contribution in [2.75, 3.05) is 0 Å². The predicted molar refractivity (Wildman–Crippen MR) is 201 cm³/mol. The third-order valence-electron chi connectivity index (χ3n) is 9.50. The van der Waals surface area contributed by atoms with E-state index in [1.807, 2.05) is 42.5 Å². The Hall–Kier alpha value is -6.65. The van der Waals surface area contributed by atoms with Crippen LogP contribution in [0.4, 0.5) is 0 Å². The summed E-state index contributed by atoms with van der Waals surface area (Å²) >= 11 is 0. The molecular weight excluding hydrogens is 599 g/mol. The number of furan rings is 1. The van der Waals surface area contributed by atoms with Crippen molar-refractivity contribution in [1.29, 1.82) is 0 Å². The molecule has 4 nitrogen and oxygen atoms in total. The maximum absolute atomic E-state index is 6.44. The van der Waals surface area contributed by atoms with Gasteiger partial charge >= 0.3 is 0 Å². The average Bonchev–Trinajstić information content (AvgIpc) is 3.56. The van der Waals surface area contributed by atoms with Crippen molar-refractivity contribution in [2.24, 2.45) is 0 Å². The zero-order valence-corrected chi connectivity index (χ0v) is 26.3. The monoisotopic (exact) mass is 625 g/mol. The van der Waals surface area contributed by atoms with E-state index in [2.05, 4.69) is 121 Å². The molecule has 10 aromatic rings. The summed E-state index contributed by atoms with van der Waals surface area (Å²) in [5, 5.41) is 9.16. The Bertz CT molecular complexity index is 2890. The normalized spacial score (nSPS) is 11.7. The summed E-state index contributed by atoms with van der Waals surface area (Å²) in [4.78, 5) is 15.6. The third-order valence-corrected chi connectivity index (χ3v) is 9.50. The van der Waals surface area contributed by atoms with Gasteiger partial charge in [-0.3, -0.25) is 0 Å². The van der Waals surface area contributed by atoms with Crippen LogP contribution in [0.25, 0.3) is 99.5 Å². The smallest absolute Gasteiger partial charge is 0.165 e. The molecule has 0 saturated heterocycles. The average molecular weight is 626 g/mol. The molecule has 10 rings (SSSR count). The fourth-order valence-corrected chi connectivity index (χ4v) is 7.12. The Kier molecular flexibility index (Phi) is 6.15. The van der Waals surface area contributed by atoms with Crippen LogP contribution in [0.3, 0.4) is 0 Å². The second-order valence-electron chi connectivity index (χ2n) is 12.4. The number of hydrogen-bond donors (Lipinski definition) is 0. The molecule has 0 spiro atoms. The summed E-state index contributed by atoms with van der Waals surface area (Å²) in [6, 6.07) is 57.0. The van der Waals surface area contributed by atoms with E-state index in [4.69, 9.17) is 19.4 Å². The maximum Gasteiger partial charge on any atom is 0.165 e. The second kappa shape index (κ2) is 11.0. The van der Waals surface area contributed by atoms with E-state index < -0.39 is 0 Å². The summed E-state index contributed by atoms with van der Waals surface area (Å²) in [5.41, 5.74) is 6.51. The molecule has 4 heteroatoms. The zero-order chi connectivity index (χ0) is 32.3. The predicted octanol–water partition coefficient (Wildman–Crippen LogP) is 11.9. The highest BCUT2D eigenvalue weighted by Gasteiger charge is 2.22. The van der Waals surface area contributed by atoms with Gasteiger partial charge in [-0.2, -0.15) is 0 Å². The lowest BCUT2D eigenvalue weighted by Crippen LogP contribution is -2.01. The number of para-hydroxylation sites is 1. The molecule has 0 aliphatic heterocycles. The highest BCUT2D eigenvalue weighted by atomic mass is 16.3. The lowest BCUT2D eigenvalue weighted by atomic mass is 9.92. The van der Waals surface area contributed by atoms with E-state index in [0.717, 1.165) is 55.1 Å². The highest BCUT2D eigenvalue weighted by molar-refractivity contribution is 6.16. The molecule has 0 atom stereocenters. The topological polar surface area (TPSA) is 51.8 Å². The van der Waals surface area contributed by atoms with Crippen molar-refractivity contribution >= 4 is 54.3 Å². The molecule has 0 bridgehead atoms. The number of hydrogen-bond acceptors (Lipinski definition) is 4. The van der Waals surface area contributed by atoms with Crippen LogP contribution >= 0.6 is 0 Å². The summed E-state index contributed by atoms with van der Waals surface area (Å²) < 4.78 is 6.44. The number of nitrogens with zero attached hydrogens (tertiary/aromatic N) is 3. The van der Waals surface area contributed by atoms with E-state index in [-0.39, 0.29) is 0 Å². The van der Waals surface area contributed by atoms with Gasteiger partial charge in [-0.05, 0) is 73.8 Å². The Morgan fingerprint density at radius 1 is 0.347 bits per heavy atom. The Morgan fingerprint density at radius 3 is 1.82 bits per heavy atom. The van der Waals surface area contributed by atoms with E-state index in [1.165, 1.54) is 26.9 Å². The van der Waals surface area contributed by atoms with Crippen molar-refractivity contribution in [3.8, 4) is 45.3 Å². The van der Waals surface area contributed by atoms with Gasteiger partial charge in [-0.15, -0.1) is 0 Å². The molecule has 49 heavy (non-hydrogen) atoms. The molecule has 2 heterocycles. The molecule has 2 aromatic heterocycles. The van der Waals surface area contributed by atoms with Crippen LogP contribution in [0.5, 0.6) is 0 Å². The third kappa shape index (κ3) is 4.57. The van der Waals surface area contributed by atoms with Crippen molar-refractivity contribution in [1.82, 2.24) is 15.0 Å². The molecule has 0 unspecified atom stereocenters. The molecule has 0 saturated carbocycles. The lowest BCUT2D eigenvalue weighted by Gasteiger charge is -2.14. The molecule has 8 aromatic carbocycles. The van der Waals surface area contributed by atoms with Gasteiger partial charge in [-0.25, -0.2) is 15.0 Å². The number of rotatable bonds is 4. The number of fused-ring (bicyclic) bond motifs is 7. The van der Waals surface area contributed by atoms with Crippen LogP contribution in [0.1, 0.15) is 0 Å². The molecule has 0 N–H and O–H groups in total. The summed E-state index contributed by atoms with van der Waals surface area (Å²) in [5.74, 6) is 1.84. The first-order valence-corrected chi connectivity index (χ1v) is 16.4.